The summed E-state index contributed by atoms with van der Waals surface area (Å²) in [7, 11) is 1.69. The van der Waals surface area contributed by atoms with Gasteiger partial charge in [-0.15, -0.1) is 11.3 Å². The Kier molecular flexibility index (Phi) is 4.06. The van der Waals surface area contributed by atoms with Crippen molar-refractivity contribution in [3.8, 4) is 11.3 Å². The summed E-state index contributed by atoms with van der Waals surface area (Å²) in [5.74, 6) is -0.125. The number of nitrogen functional groups attached to an aromatic ring is 1. The first-order valence-electron chi connectivity index (χ1n) is 7.60. The molecule has 0 aliphatic heterocycles. The number of aryl methyl sites for hydroxylation is 1. The minimum absolute atomic E-state index is 0.240. The van der Waals surface area contributed by atoms with Gasteiger partial charge in [-0.2, -0.15) is 0 Å². The molecule has 0 unspecified atom stereocenters. The van der Waals surface area contributed by atoms with Crippen LogP contribution in [0.25, 0.3) is 21.5 Å². The summed E-state index contributed by atoms with van der Waals surface area (Å²) < 4.78 is 6.42. The van der Waals surface area contributed by atoms with Gasteiger partial charge in [0.25, 0.3) is 12.1 Å². The summed E-state index contributed by atoms with van der Waals surface area (Å²) >= 11 is 7.16. The lowest BCUT2D eigenvalue weighted by Crippen LogP contribution is -2.28. The van der Waals surface area contributed by atoms with Crippen molar-refractivity contribution in [3.63, 3.8) is 0 Å². The zero-order valence-electron chi connectivity index (χ0n) is 13.6. The first kappa shape index (κ1) is 16.5. The molecule has 9 heteroatoms. The summed E-state index contributed by atoms with van der Waals surface area (Å²) in [4.78, 5) is 18.2. The van der Waals surface area contributed by atoms with Crippen molar-refractivity contribution >= 4 is 50.6 Å². The van der Waals surface area contributed by atoms with Crippen molar-refractivity contribution in [1.29, 1.82) is 0 Å². The lowest BCUT2D eigenvalue weighted by molar-refractivity contribution is -0.739. The van der Waals surface area contributed by atoms with E-state index in [2.05, 4.69) is 15.6 Å². The molecule has 4 aromatic rings. The first-order chi connectivity index (χ1) is 12.5. The summed E-state index contributed by atoms with van der Waals surface area (Å²) in [5.41, 5.74) is 8.25. The lowest BCUT2D eigenvalue weighted by Gasteiger charge is -2.01. The normalized spacial score (nSPS) is 11.0. The topological polar surface area (TPSA) is 97.9 Å². The second-order valence-corrected chi connectivity index (χ2v) is 7.03. The Balaban J connectivity index is 1.69. The van der Waals surface area contributed by atoms with Gasteiger partial charge in [0.2, 0.25) is 0 Å². The van der Waals surface area contributed by atoms with Gasteiger partial charge in [0.15, 0.2) is 12.3 Å². The molecule has 4 rings (SSSR count). The van der Waals surface area contributed by atoms with E-state index in [1.165, 1.54) is 16.0 Å². The maximum atomic E-state index is 12.5. The maximum absolute atomic E-state index is 12.5. The number of thiophene rings is 1. The molecule has 0 bridgehead atoms. The number of nitrogens with zero attached hydrogens (tertiary/aromatic N) is 3. The second-order valence-electron chi connectivity index (χ2n) is 5.60. The molecule has 3 N–H and O–H groups in total. The number of aromatic nitrogens is 3. The molecule has 0 atom stereocenters. The van der Waals surface area contributed by atoms with E-state index in [1.807, 2.05) is 36.4 Å². The van der Waals surface area contributed by atoms with E-state index in [9.17, 15) is 4.79 Å². The van der Waals surface area contributed by atoms with Crippen LogP contribution in [0.3, 0.4) is 0 Å². The number of fused-ring (bicyclic) bond motifs is 1. The fourth-order valence-corrected chi connectivity index (χ4v) is 3.61. The Bertz CT molecular complexity index is 1120. The van der Waals surface area contributed by atoms with Gasteiger partial charge in [0.1, 0.15) is 9.71 Å². The number of hydrogen-bond donors (Lipinski definition) is 2. The van der Waals surface area contributed by atoms with Crippen LogP contribution in [0.2, 0.25) is 5.02 Å². The van der Waals surface area contributed by atoms with E-state index in [0.717, 1.165) is 16.6 Å². The predicted molar refractivity (Wildman–Crippen MR) is 100 cm³/mol. The number of amides is 1. The van der Waals surface area contributed by atoms with E-state index < -0.39 is 0 Å². The average molecular weight is 387 g/mol. The number of nitrogens with one attached hydrogen (secondary N) is 1. The van der Waals surface area contributed by atoms with E-state index in [1.54, 1.807) is 13.2 Å². The lowest BCUT2D eigenvalue weighted by atomic mass is 10.1. The predicted octanol–water partition coefficient (Wildman–Crippen LogP) is 3.26. The largest absolute Gasteiger partial charge is 0.397 e. The number of anilines is 2. The standard InChI is InChI=1S/C17H12ClN5O2S/c1-23-8-13(25-22-23)21-16(24)15-14(19)11-6-7-12(20-17(11)26-15)9-2-4-10(18)5-3-9/h2-8H,1H3,(H2-,19,21,22,24)/p+1. The highest BCUT2D eigenvalue weighted by Gasteiger charge is 2.20. The van der Waals surface area contributed by atoms with Crippen molar-refractivity contribution < 1.29 is 14.0 Å². The van der Waals surface area contributed by atoms with Crippen LogP contribution >= 0.6 is 22.9 Å². The number of pyridine rings is 1. The number of carbonyl (C=O) groups is 1. The molecule has 7 nitrogen and oxygen atoms in total. The molecule has 0 saturated carbocycles. The number of carbonyl (C=O) groups excluding carboxylic acids is 1. The monoisotopic (exact) mass is 386 g/mol. The summed E-state index contributed by atoms with van der Waals surface area (Å²) in [6.45, 7) is 0. The van der Waals surface area contributed by atoms with E-state index in [0.29, 0.717) is 20.4 Å². The number of benzene rings is 1. The molecule has 1 aromatic carbocycles. The molecule has 0 aliphatic rings. The van der Waals surface area contributed by atoms with Gasteiger partial charge in [0, 0.05) is 16.0 Å². The van der Waals surface area contributed by atoms with Crippen molar-refractivity contribution in [1.82, 2.24) is 10.3 Å². The highest BCUT2D eigenvalue weighted by molar-refractivity contribution is 7.21. The van der Waals surface area contributed by atoms with E-state index in [4.69, 9.17) is 21.9 Å². The molecule has 3 heterocycles. The van der Waals surface area contributed by atoms with Gasteiger partial charge in [-0.25, -0.2) is 4.98 Å². The van der Waals surface area contributed by atoms with Gasteiger partial charge in [-0.1, -0.05) is 28.4 Å². The van der Waals surface area contributed by atoms with Crippen LogP contribution in [0, 0.1) is 0 Å². The minimum atomic E-state index is -0.365. The van der Waals surface area contributed by atoms with Crippen LogP contribution in [-0.2, 0) is 7.05 Å². The molecule has 1 amide bonds. The van der Waals surface area contributed by atoms with Crippen LogP contribution in [0.15, 0.2) is 47.1 Å². The molecule has 130 valence electrons. The summed E-state index contributed by atoms with van der Waals surface area (Å²) in [6, 6.07) is 11.1. The Labute approximate surface area is 157 Å². The quantitative estimate of drug-likeness (QED) is 0.526. The van der Waals surface area contributed by atoms with Gasteiger partial charge in [-0.05, 0) is 24.3 Å². The number of hydrogen-bond acceptors (Lipinski definition) is 6. The van der Waals surface area contributed by atoms with Crippen molar-refractivity contribution in [2.45, 2.75) is 0 Å². The fourth-order valence-electron chi connectivity index (χ4n) is 2.50. The van der Waals surface area contributed by atoms with Crippen molar-refractivity contribution in [3.05, 3.63) is 52.5 Å². The highest BCUT2D eigenvalue weighted by atomic mass is 35.5. The average Bonchev–Trinajstić information content (AvgIpc) is 3.18. The Morgan fingerprint density at radius 3 is 2.73 bits per heavy atom. The van der Waals surface area contributed by atoms with E-state index >= 15 is 0 Å². The van der Waals surface area contributed by atoms with Gasteiger partial charge in [0.05, 0.1) is 11.4 Å². The van der Waals surface area contributed by atoms with E-state index in [-0.39, 0.29) is 11.8 Å². The first-order valence-corrected chi connectivity index (χ1v) is 8.79. The number of rotatable bonds is 3. The minimum Gasteiger partial charge on any atom is -0.397 e. The third-order valence-electron chi connectivity index (χ3n) is 3.75. The Hall–Kier alpha value is -2.97. The SMILES string of the molecule is C[n+]1cc(NC(=O)c2sc3nc(-c4ccc(Cl)cc4)ccc3c2N)on1. The number of halogens is 1. The molecule has 0 fully saturated rings. The molecule has 3 aromatic heterocycles. The van der Waals surface area contributed by atoms with Crippen LogP contribution in [0.4, 0.5) is 11.6 Å². The molecule has 0 saturated heterocycles. The van der Waals surface area contributed by atoms with Crippen LogP contribution in [0.5, 0.6) is 0 Å². The van der Waals surface area contributed by atoms with Gasteiger partial charge >= 0.3 is 5.88 Å². The highest BCUT2D eigenvalue weighted by Crippen LogP contribution is 2.34. The smallest absolute Gasteiger partial charge is 0.302 e. The summed E-state index contributed by atoms with van der Waals surface area (Å²) in [5, 5.41) is 7.69. The zero-order valence-corrected chi connectivity index (χ0v) is 15.1. The van der Waals surface area contributed by atoms with Crippen LogP contribution in [0.1, 0.15) is 9.67 Å². The maximum Gasteiger partial charge on any atom is 0.302 e. The third-order valence-corrected chi connectivity index (χ3v) is 5.11. The molecule has 26 heavy (non-hydrogen) atoms. The Morgan fingerprint density at radius 2 is 2.04 bits per heavy atom. The van der Waals surface area contributed by atoms with Crippen molar-refractivity contribution in [2.24, 2.45) is 7.05 Å². The summed E-state index contributed by atoms with van der Waals surface area (Å²) in [6.07, 6.45) is 1.55. The van der Waals surface area contributed by atoms with Crippen LogP contribution in [-0.4, -0.2) is 16.2 Å². The third kappa shape index (κ3) is 3.00. The number of nitrogens with two attached hydrogens (primary N) is 1. The van der Waals surface area contributed by atoms with Crippen molar-refractivity contribution in [2.75, 3.05) is 11.1 Å². The molecule has 0 radical (unpaired) electrons. The molecule has 0 spiro atoms. The van der Waals surface area contributed by atoms with Gasteiger partial charge in [-0.3, -0.25) is 14.6 Å². The zero-order chi connectivity index (χ0) is 18.3. The fraction of sp³-hybridized carbons (Fsp3) is 0.0588. The molecular weight excluding hydrogens is 374 g/mol. The van der Waals surface area contributed by atoms with Crippen LogP contribution < -0.4 is 15.7 Å². The Morgan fingerprint density at radius 1 is 1.27 bits per heavy atom. The molecular formula is C17H13ClN5O2S+. The second kappa shape index (κ2) is 6.40. The van der Waals surface area contributed by atoms with Gasteiger partial charge < -0.3 is 5.73 Å². The molecule has 0 aliphatic carbocycles.